The fourth-order valence-electron chi connectivity index (χ4n) is 8.05. The summed E-state index contributed by atoms with van der Waals surface area (Å²) < 4.78 is 18.7. The molecule has 0 unspecified atom stereocenters. The second-order valence-electron chi connectivity index (χ2n) is 13.4. The Balaban J connectivity index is 1.36. The Labute approximate surface area is 306 Å². The number of hydrogen-bond donors (Lipinski definition) is 2. The summed E-state index contributed by atoms with van der Waals surface area (Å²) in [6.45, 7) is -0.280. The number of methoxy groups -OCH3 is 1. The predicted molar refractivity (Wildman–Crippen MR) is 192 cm³/mol. The van der Waals surface area contributed by atoms with Crippen LogP contribution in [0.5, 0.6) is 0 Å². The maximum Gasteiger partial charge on any atom is 0.313 e. The van der Waals surface area contributed by atoms with E-state index in [4.69, 9.17) is 25.8 Å². The van der Waals surface area contributed by atoms with Crippen LogP contribution in [0, 0.1) is 11.8 Å². The molecule has 0 aliphatic carbocycles. The van der Waals surface area contributed by atoms with Crippen LogP contribution >= 0.6 is 11.6 Å². The van der Waals surface area contributed by atoms with Gasteiger partial charge >= 0.3 is 5.97 Å². The number of benzene rings is 3. The molecule has 12 heteroatoms. The molecule has 52 heavy (non-hydrogen) atoms. The fourth-order valence-corrected chi connectivity index (χ4v) is 8.17. The second-order valence-corrected chi connectivity index (χ2v) is 13.8. The van der Waals surface area contributed by atoms with Gasteiger partial charge in [-0.25, -0.2) is 0 Å². The Hall–Kier alpha value is -4.81. The quantitative estimate of drug-likeness (QED) is 0.272. The van der Waals surface area contributed by atoms with E-state index in [0.717, 1.165) is 0 Å². The number of halogens is 1. The third-order valence-electron chi connectivity index (χ3n) is 10.3. The minimum atomic E-state index is -1.61. The number of amides is 3. The summed E-state index contributed by atoms with van der Waals surface area (Å²) in [5.41, 5.74) is 0.190. The maximum atomic E-state index is 15.1. The Morgan fingerprint density at radius 1 is 0.962 bits per heavy atom. The number of fused-ring (bicyclic) bond motifs is 2. The number of nitrogens with one attached hydrogen (secondary N) is 1. The first kappa shape index (κ1) is 35.6. The van der Waals surface area contributed by atoms with E-state index < -0.39 is 72.2 Å². The smallest absolute Gasteiger partial charge is 0.313 e. The molecule has 4 aliphatic heterocycles. The van der Waals surface area contributed by atoms with Crippen LogP contribution < -0.4 is 10.2 Å². The highest BCUT2D eigenvalue weighted by Crippen LogP contribution is 2.55. The molecule has 0 aromatic heterocycles. The summed E-state index contributed by atoms with van der Waals surface area (Å²) in [6.07, 6.45) is 5.49. The molecule has 2 fully saturated rings. The predicted octanol–water partition coefficient (Wildman–Crippen LogP) is 4.32. The van der Waals surface area contributed by atoms with E-state index in [1.54, 1.807) is 102 Å². The van der Waals surface area contributed by atoms with Crippen molar-refractivity contribution in [2.45, 2.75) is 48.8 Å². The third kappa shape index (κ3) is 6.43. The molecule has 0 radical (unpaired) electrons. The molecule has 2 saturated heterocycles. The number of likely N-dealkylation sites (tertiary alicyclic amines) is 1. The van der Waals surface area contributed by atoms with E-state index in [1.807, 2.05) is 12.1 Å². The number of carbonyl (C=O) groups is 4. The van der Waals surface area contributed by atoms with Gasteiger partial charge in [-0.15, -0.1) is 0 Å². The number of ether oxygens (including phenoxy) is 3. The number of rotatable bonds is 7. The topological polar surface area (TPSA) is 135 Å². The largest absolute Gasteiger partial charge is 0.455 e. The molecule has 11 nitrogen and oxygen atoms in total. The molecule has 2 N–H and O–H groups in total. The van der Waals surface area contributed by atoms with Crippen LogP contribution in [-0.4, -0.2) is 84.4 Å². The maximum absolute atomic E-state index is 15.1. The van der Waals surface area contributed by atoms with Crippen molar-refractivity contribution in [3.05, 3.63) is 125 Å². The molecular weight excluding hydrogens is 686 g/mol. The number of hydrogen-bond acceptors (Lipinski definition) is 8. The summed E-state index contributed by atoms with van der Waals surface area (Å²) in [7, 11) is 1.50. The Kier molecular flexibility index (Phi) is 10.3. The number of aliphatic hydroxyl groups excluding tert-OH is 1. The first-order valence-corrected chi connectivity index (χ1v) is 17.8. The van der Waals surface area contributed by atoms with Gasteiger partial charge in [0.1, 0.15) is 23.7 Å². The van der Waals surface area contributed by atoms with Gasteiger partial charge in [-0.05, 0) is 41.8 Å². The number of anilines is 1. The monoisotopic (exact) mass is 725 g/mol. The van der Waals surface area contributed by atoms with Crippen LogP contribution in [0.4, 0.5) is 5.69 Å². The highest BCUT2D eigenvalue weighted by molar-refractivity contribution is 6.30. The van der Waals surface area contributed by atoms with E-state index >= 15 is 4.79 Å². The summed E-state index contributed by atoms with van der Waals surface area (Å²) in [5.74, 6) is -4.32. The minimum Gasteiger partial charge on any atom is -0.455 e. The summed E-state index contributed by atoms with van der Waals surface area (Å²) >= 11 is 6.19. The molecule has 270 valence electrons. The van der Waals surface area contributed by atoms with Crippen molar-refractivity contribution in [1.29, 1.82) is 0 Å². The van der Waals surface area contributed by atoms with Crippen LogP contribution in [0.2, 0.25) is 5.02 Å². The molecular formula is C40H40ClN3O8. The van der Waals surface area contributed by atoms with Gasteiger partial charge in [0.2, 0.25) is 11.8 Å². The molecule has 3 amide bonds. The van der Waals surface area contributed by atoms with E-state index in [-0.39, 0.29) is 25.5 Å². The van der Waals surface area contributed by atoms with E-state index in [9.17, 15) is 19.5 Å². The lowest BCUT2D eigenvalue weighted by Gasteiger charge is -2.38. The molecule has 0 saturated carbocycles. The third-order valence-corrected chi connectivity index (χ3v) is 10.6. The molecule has 3 aromatic carbocycles. The van der Waals surface area contributed by atoms with Gasteiger partial charge in [0.25, 0.3) is 5.91 Å². The first-order valence-electron chi connectivity index (χ1n) is 17.4. The van der Waals surface area contributed by atoms with Crippen LogP contribution in [0.15, 0.2) is 109 Å². The summed E-state index contributed by atoms with van der Waals surface area (Å²) in [5, 5.41) is 14.4. The van der Waals surface area contributed by atoms with Crippen LogP contribution in [0.1, 0.15) is 36.1 Å². The number of nitrogens with zero attached hydrogens (tertiary/aromatic N) is 2. The van der Waals surface area contributed by atoms with Crippen LogP contribution in [0.25, 0.3) is 0 Å². The molecule has 0 bridgehead atoms. The normalized spacial score (nSPS) is 30.2. The molecule has 3 aromatic rings. The molecule has 1 spiro atoms. The number of carbonyl (C=O) groups excluding carboxylic acids is 4. The minimum absolute atomic E-state index is 0.0498. The lowest BCUT2D eigenvalue weighted by Crippen LogP contribution is -2.56. The number of aliphatic hydroxyl groups is 1. The van der Waals surface area contributed by atoms with Gasteiger partial charge in [0, 0.05) is 30.8 Å². The van der Waals surface area contributed by atoms with E-state index in [0.29, 0.717) is 28.3 Å². The Morgan fingerprint density at radius 2 is 1.67 bits per heavy atom. The van der Waals surface area contributed by atoms with Crippen molar-refractivity contribution in [1.82, 2.24) is 10.2 Å². The lowest BCUT2D eigenvalue weighted by molar-refractivity contribution is -0.162. The SMILES string of the molecule is COC[C@H]1NC(=O)CC/C=C\[C@H]2O[C@]34C=CCN(c5ccc(Cl)cc5)C(=O)[C@H]3N([C@H](CO)c3ccccc3)C(=O)[C@@H]4[C@H]2C(=O)O[C@@H]1c1ccccc1. The van der Waals surface area contributed by atoms with Gasteiger partial charge in [-0.3, -0.25) is 19.2 Å². The van der Waals surface area contributed by atoms with E-state index in [1.165, 1.54) is 12.0 Å². The van der Waals surface area contributed by atoms with Gasteiger partial charge in [0.05, 0.1) is 37.3 Å². The van der Waals surface area contributed by atoms with Crippen LogP contribution in [-0.2, 0) is 33.4 Å². The summed E-state index contributed by atoms with van der Waals surface area (Å²) in [4.78, 5) is 60.8. The van der Waals surface area contributed by atoms with Crippen molar-refractivity contribution in [2.24, 2.45) is 11.8 Å². The molecule has 7 rings (SSSR count). The van der Waals surface area contributed by atoms with Crippen molar-refractivity contribution >= 4 is 41.0 Å². The first-order chi connectivity index (χ1) is 25.3. The number of allylic oxidation sites excluding steroid dienone is 1. The zero-order valence-electron chi connectivity index (χ0n) is 28.5. The van der Waals surface area contributed by atoms with Crippen LogP contribution in [0.3, 0.4) is 0 Å². The number of cyclic esters (lactones) is 1. The standard InChI is InChI=1S/C40H40ClN3O8/c1-50-24-29-35(26-13-6-3-7-14-26)51-39(49)33-31(15-8-9-16-32(46)42-29)52-40-21-10-22-43(28-19-17-27(41)18-20-28)38(48)36(40)44(37(47)34(33)40)30(23-45)25-11-4-2-5-12-25/h2-8,10-15,17-21,29-31,33-36,45H,9,16,22-24H2,1H3,(H,42,46)/b15-8-/t29-,30-,31-,33+,34+,35-,36-,40+/m1/s1. The van der Waals surface area contributed by atoms with Crippen molar-refractivity contribution < 1.29 is 38.5 Å². The van der Waals surface area contributed by atoms with Crippen molar-refractivity contribution in [3.63, 3.8) is 0 Å². The zero-order chi connectivity index (χ0) is 36.4. The average molecular weight is 726 g/mol. The van der Waals surface area contributed by atoms with Crippen molar-refractivity contribution in [3.8, 4) is 0 Å². The van der Waals surface area contributed by atoms with Gasteiger partial charge < -0.3 is 34.4 Å². The highest BCUT2D eigenvalue weighted by atomic mass is 35.5. The average Bonchev–Trinajstić information content (AvgIpc) is 3.54. The fraction of sp³-hybridized carbons (Fsp3) is 0.350. The molecule has 4 aliphatic rings. The summed E-state index contributed by atoms with van der Waals surface area (Å²) in [6, 6.07) is 21.9. The van der Waals surface area contributed by atoms with Crippen molar-refractivity contribution in [2.75, 3.05) is 31.8 Å². The Morgan fingerprint density at radius 3 is 2.37 bits per heavy atom. The van der Waals surface area contributed by atoms with Gasteiger partial charge in [0.15, 0.2) is 0 Å². The second kappa shape index (κ2) is 15.0. The highest BCUT2D eigenvalue weighted by Gasteiger charge is 2.72. The number of esters is 1. The zero-order valence-corrected chi connectivity index (χ0v) is 29.3. The van der Waals surface area contributed by atoms with Gasteiger partial charge in [-0.2, -0.15) is 0 Å². The lowest BCUT2D eigenvalue weighted by atomic mass is 9.77. The molecule has 8 atom stereocenters. The van der Waals surface area contributed by atoms with Gasteiger partial charge in [-0.1, -0.05) is 96.6 Å². The molecule has 4 heterocycles. The Bertz CT molecular complexity index is 1860. The van der Waals surface area contributed by atoms with E-state index in [2.05, 4.69) is 5.32 Å².